The first kappa shape index (κ1) is 10.9. The van der Waals surface area contributed by atoms with E-state index < -0.39 is 0 Å². The minimum atomic E-state index is 0.260. The molecule has 0 unspecified atom stereocenters. The number of rotatable bonds is 5. The van der Waals surface area contributed by atoms with Crippen molar-refractivity contribution in [3.8, 4) is 0 Å². The molecule has 0 saturated heterocycles. The number of hydrogen-bond donors (Lipinski definition) is 2. The Balaban J connectivity index is 1.52. The summed E-state index contributed by atoms with van der Waals surface area (Å²) in [6, 6.07) is 0.683. The second-order valence-corrected chi connectivity index (χ2v) is 5.03. The second kappa shape index (κ2) is 4.97. The third-order valence-electron chi connectivity index (χ3n) is 3.64. The summed E-state index contributed by atoms with van der Waals surface area (Å²) in [6.07, 6.45) is 6.20. The fourth-order valence-corrected chi connectivity index (χ4v) is 2.38. The Hall–Kier alpha value is -0.570. The molecule has 2 atom stereocenters. The second-order valence-electron chi connectivity index (χ2n) is 5.03. The molecule has 3 nitrogen and oxygen atoms in total. The molecule has 0 aromatic carbocycles. The average Bonchev–Trinajstić information content (AvgIpc) is 2.99. The van der Waals surface area contributed by atoms with Crippen LogP contribution in [0.3, 0.4) is 0 Å². The molecule has 2 aliphatic rings. The van der Waals surface area contributed by atoms with Crippen LogP contribution in [0.2, 0.25) is 0 Å². The summed E-state index contributed by atoms with van der Waals surface area (Å²) >= 11 is 0. The summed E-state index contributed by atoms with van der Waals surface area (Å²) in [5, 5.41) is 6.51. The van der Waals surface area contributed by atoms with E-state index in [-0.39, 0.29) is 5.91 Å². The molecule has 0 heterocycles. The lowest BCUT2D eigenvalue weighted by Gasteiger charge is -2.17. The van der Waals surface area contributed by atoms with Gasteiger partial charge in [-0.3, -0.25) is 4.79 Å². The van der Waals surface area contributed by atoms with Crippen molar-refractivity contribution >= 4 is 5.91 Å². The maximum Gasteiger partial charge on any atom is 0.223 e. The lowest BCUT2D eigenvalue weighted by molar-refractivity contribution is -0.122. The van der Waals surface area contributed by atoms with Gasteiger partial charge in [0.1, 0.15) is 0 Å². The van der Waals surface area contributed by atoms with E-state index in [4.69, 9.17) is 0 Å². The van der Waals surface area contributed by atoms with Crippen molar-refractivity contribution < 1.29 is 4.79 Å². The molecule has 2 rings (SSSR count). The van der Waals surface area contributed by atoms with Gasteiger partial charge >= 0.3 is 0 Å². The van der Waals surface area contributed by atoms with Gasteiger partial charge in [0.2, 0.25) is 5.91 Å². The molecule has 1 amide bonds. The van der Waals surface area contributed by atoms with Crippen molar-refractivity contribution in [2.24, 2.45) is 11.8 Å². The van der Waals surface area contributed by atoms with Crippen LogP contribution in [0.25, 0.3) is 0 Å². The van der Waals surface area contributed by atoms with Crippen molar-refractivity contribution in [2.75, 3.05) is 13.1 Å². The van der Waals surface area contributed by atoms with Crippen LogP contribution in [0.5, 0.6) is 0 Å². The molecule has 3 heteroatoms. The lowest BCUT2D eigenvalue weighted by atomic mass is 10.1. The van der Waals surface area contributed by atoms with Crippen LogP contribution in [0.4, 0.5) is 0 Å². The predicted octanol–water partition coefficient (Wildman–Crippen LogP) is 1.29. The number of amides is 1. The summed E-state index contributed by atoms with van der Waals surface area (Å²) in [7, 11) is 0. The van der Waals surface area contributed by atoms with Gasteiger partial charge in [-0.1, -0.05) is 13.3 Å². The quantitative estimate of drug-likeness (QED) is 0.671. The molecule has 2 fully saturated rings. The van der Waals surface area contributed by atoms with Gasteiger partial charge in [0.15, 0.2) is 0 Å². The van der Waals surface area contributed by atoms with E-state index in [0.29, 0.717) is 12.0 Å². The summed E-state index contributed by atoms with van der Waals surface area (Å²) in [6.45, 7) is 4.03. The average molecular weight is 210 g/mol. The number of hydrogen-bond acceptors (Lipinski definition) is 2. The molecule has 86 valence electrons. The minimum Gasteiger partial charge on any atom is -0.355 e. The van der Waals surface area contributed by atoms with Gasteiger partial charge in [-0.2, -0.15) is 0 Å². The normalized spacial score (nSPS) is 30.5. The number of carbonyl (C=O) groups excluding carboxylic acids is 1. The Bertz CT molecular complexity index is 226. The molecule has 15 heavy (non-hydrogen) atoms. The molecule has 0 bridgehead atoms. The van der Waals surface area contributed by atoms with E-state index >= 15 is 0 Å². The Labute approximate surface area is 92.0 Å². The molecule has 2 aliphatic carbocycles. The topological polar surface area (TPSA) is 41.1 Å². The van der Waals surface area contributed by atoms with Crippen molar-refractivity contribution in [2.45, 2.75) is 45.1 Å². The van der Waals surface area contributed by atoms with Crippen molar-refractivity contribution in [1.29, 1.82) is 0 Å². The predicted molar refractivity (Wildman–Crippen MR) is 60.5 cm³/mol. The molecule has 0 radical (unpaired) electrons. The molecule has 0 spiro atoms. The van der Waals surface area contributed by atoms with Crippen LogP contribution >= 0.6 is 0 Å². The van der Waals surface area contributed by atoms with E-state index in [1.807, 2.05) is 0 Å². The van der Waals surface area contributed by atoms with Gasteiger partial charge in [-0.05, 0) is 31.6 Å². The maximum atomic E-state index is 11.3. The minimum absolute atomic E-state index is 0.260. The lowest BCUT2D eigenvalue weighted by Crippen LogP contribution is -2.38. The molecule has 0 aliphatic heterocycles. The van der Waals surface area contributed by atoms with Crippen molar-refractivity contribution in [3.05, 3.63) is 0 Å². The molecule has 2 N–H and O–H groups in total. The van der Waals surface area contributed by atoms with Crippen LogP contribution in [0.15, 0.2) is 0 Å². The van der Waals surface area contributed by atoms with E-state index in [1.54, 1.807) is 0 Å². The highest BCUT2D eigenvalue weighted by Gasteiger charge is 2.29. The smallest absolute Gasteiger partial charge is 0.223 e. The zero-order valence-corrected chi connectivity index (χ0v) is 9.59. The highest BCUT2D eigenvalue weighted by atomic mass is 16.2. The fraction of sp³-hybridized carbons (Fsp3) is 0.917. The molecular formula is C12H22N2O. The maximum absolute atomic E-state index is 11.3. The third kappa shape index (κ3) is 3.20. The van der Waals surface area contributed by atoms with E-state index in [9.17, 15) is 4.79 Å². The first-order chi connectivity index (χ1) is 7.27. The van der Waals surface area contributed by atoms with Crippen molar-refractivity contribution in [1.82, 2.24) is 10.6 Å². The highest BCUT2D eigenvalue weighted by molar-refractivity contribution is 5.80. The molecule has 0 aromatic heterocycles. The molecular weight excluding hydrogens is 188 g/mol. The molecule has 0 aromatic rings. The summed E-state index contributed by atoms with van der Waals surface area (Å²) in [5.41, 5.74) is 0. The fourth-order valence-electron chi connectivity index (χ4n) is 2.38. The van der Waals surface area contributed by atoms with Gasteiger partial charge < -0.3 is 10.6 Å². The Morgan fingerprint density at radius 1 is 1.20 bits per heavy atom. The van der Waals surface area contributed by atoms with Crippen LogP contribution < -0.4 is 10.6 Å². The highest BCUT2D eigenvalue weighted by Crippen LogP contribution is 2.28. The van der Waals surface area contributed by atoms with Crippen LogP contribution in [0.1, 0.15) is 39.0 Å². The Morgan fingerprint density at radius 3 is 2.60 bits per heavy atom. The van der Waals surface area contributed by atoms with E-state index in [1.165, 1.54) is 19.3 Å². The zero-order valence-electron chi connectivity index (χ0n) is 9.59. The largest absolute Gasteiger partial charge is 0.355 e. The summed E-state index contributed by atoms with van der Waals surface area (Å²) in [4.78, 5) is 11.3. The molecule has 2 saturated carbocycles. The number of nitrogens with one attached hydrogen (secondary N) is 2. The van der Waals surface area contributed by atoms with Crippen LogP contribution in [-0.2, 0) is 4.79 Å². The van der Waals surface area contributed by atoms with E-state index in [2.05, 4.69) is 17.6 Å². The zero-order chi connectivity index (χ0) is 10.7. The summed E-state index contributed by atoms with van der Waals surface area (Å²) in [5.74, 6) is 1.41. The van der Waals surface area contributed by atoms with Crippen LogP contribution in [0, 0.1) is 11.8 Å². The third-order valence-corrected chi connectivity index (χ3v) is 3.64. The van der Waals surface area contributed by atoms with Gasteiger partial charge in [0.05, 0.1) is 0 Å². The first-order valence-corrected chi connectivity index (χ1v) is 6.28. The standard InChI is InChI=1S/C12H22N2O/c1-9-3-2-4-11(9)13-7-8-14-12(15)10-5-6-10/h9-11,13H,2-8H2,1H3,(H,14,15)/t9-,11-/m0/s1. The van der Waals surface area contributed by atoms with E-state index in [0.717, 1.165) is 31.8 Å². The Morgan fingerprint density at radius 2 is 2.00 bits per heavy atom. The van der Waals surface area contributed by atoms with Crippen LogP contribution in [-0.4, -0.2) is 25.0 Å². The summed E-state index contributed by atoms with van der Waals surface area (Å²) < 4.78 is 0. The monoisotopic (exact) mass is 210 g/mol. The van der Waals surface area contributed by atoms with Gasteiger partial charge in [-0.15, -0.1) is 0 Å². The van der Waals surface area contributed by atoms with Gasteiger partial charge in [0.25, 0.3) is 0 Å². The Kier molecular flexibility index (Phi) is 3.62. The van der Waals surface area contributed by atoms with Gasteiger partial charge in [0, 0.05) is 25.0 Å². The SMILES string of the molecule is C[C@H]1CCC[C@@H]1NCCNC(=O)C1CC1. The number of carbonyl (C=O) groups is 1. The van der Waals surface area contributed by atoms with Gasteiger partial charge in [-0.25, -0.2) is 0 Å². The first-order valence-electron chi connectivity index (χ1n) is 6.28. The van der Waals surface area contributed by atoms with Crippen molar-refractivity contribution in [3.63, 3.8) is 0 Å².